The first-order valence-electron chi connectivity index (χ1n) is 5.59. The molecule has 0 heterocycles. The van der Waals surface area contributed by atoms with E-state index in [1.165, 1.54) is 5.48 Å². The van der Waals surface area contributed by atoms with Crippen LogP contribution in [0.1, 0.15) is 41.0 Å². The van der Waals surface area contributed by atoms with Crippen LogP contribution in [0.25, 0.3) is 0 Å². The third-order valence-corrected chi connectivity index (χ3v) is 1.82. The van der Waals surface area contributed by atoms with Crippen molar-refractivity contribution in [1.82, 2.24) is 10.8 Å². The Bertz CT molecular complexity index is 271. The molecule has 6 heteroatoms. The number of hydrogen-bond donors (Lipinski definition) is 3. The van der Waals surface area contributed by atoms with Crippen LogP contribution in [-0.4, -0.2) is 28.9 Å². The average molecular weight is 246 g/mol. The van der Waals surface area contributed by atoms with Gasteiger partial charge in [0.05, 0.1) is 0 Å². The molecule has 6 nitrogen and oxygen atoms in total. The van der Waals surface area contributed by atoms with Crippen LogP contribution in [0.5, 0.6) is 0 Å². The van der Waals surface area contributed by atoms with Gasteiger partial charge in [0.15, 0.2) is 0 Å². The van der Waals surface area contributed by atoms with Gasteiger partial charge in [-0.1, -0.05) is 13.8 Å². The molecule has 17 heavy (non-hydrogen) atoms. The molecule has 0 radical (unpaired) electrons. The summed E-state index contributed by atoms with van der Waals surface area (Å²) in [7, 11) is 0. The SMILES string of the molecule is CC(C)C[C@H](NC(=O)OC(C)(C)C)C(=O)NO. The van der Waals surface area contributed by atoms with E-state index in [9.17, 15) is 9.59 Å². The van der Waals surface area contributed by atoms with E-state index in [4.69, 9.17) is 9.94 Å². The standard InChI is InChI=1S/C11H22N2O4/c1-7(2)6-8(9(14)13-16)12-10(15)17-11(3,4)5/h7-8,16H,6H2,1-5H3,(H,12,15)(H,13,14)/t8-/m0/s1. The van der Waals surface area contributed by atoms with E-state index in [0.29, 0.717) is 6.42 Å². The van der Waals surface area contributed by atoms with Crippen molar-refractivity contribution < 1.29 is 19.5 Å². The summed E-state index contributed by atoms with van der Waals surface area (Å²) in [5, 5.41) is 11.0. The largest absolute Gasteiger partial charge is 0.444 e. The third kappa shape index (κ3) is 7.57. The Hall–Kier alpha value is -1.30. The Morgan fingerprint density at radius 1 is 1.29 bits per heavy atom. The predicted octanol–water partition coefficient (Wildman–Crippen LogP) is 1.43. The van der Waals surface area contributed by atoms with E-state index in [2.05, 4.69) is 5.32 Å². The molecule has 1 atom stereocenters. The van der Waals surface area contributed by atoms with Gasteiger partial charge in [0.25, 0.3) is 5.91 Å². The van der Waals surface area contributed by atoms with Gasteiger partial charge in [-0.3, -0.25) is 10.0 Å². The quantitative estimate of drug-likeness (QED) is 0.517. The van der Waals surface area contributed by atoms with Gasteiger partial charge in [-0.15, -0.1) is 0 Å². The average Bonchev–Trinajstić information content (AvgIpc) is 2.11. The van der Waals surface area contributed by atoms with Gasteiger partial charge in [-0.2, -0.15) is 0 Å². The molecule has 0 fully saturated rings. The molecule has 2 amide bonds. The molecule has 0 aromatic carbocycles. The third-order valence-electron chi connectivity index (χ3n) is 1.82. The van der Waals surface area contributed by atoms with Gasteiger partial charge in [-0.25, -0.2) is 10.3 Å². The summed E-state index contributed by atoms with van der Waals surface area (Å²) in [5.41, 5.74) is 0.907. The first-order valence-corrected chi connectivity index (χ1v) is 5.59. The number of nitrogens with one attached hydrogen (secondary N) is 2. The maximum absolute atomic E-state index is 11.5. The smallest absolute Gasteiger partial charge is 0.408 e. The van der Waals surface area contributed by atoms with Crippen LogP contribution in [0.15, 0.2) is 0 Å². The lowest BCUT2D eigenvalue weighted by Crippen LogP contribution is -2.48. The van der Waals surface area contributed by atoms with Crippen LogP contribution in [-0.2, 0) is 9.53 Å². The zero-order valence-corrected chi connectivity index (χ0v) is 11.0. The first kappa shape index (κ1) is 15.7. The van der Waals surface area contributed by atoms with Crippen LogP contribution in [0.3, 0.4) is 0 Å². The predicted molar refractivity (Wildman–Crippen MR) is 62.5 cm³/mol. The number of carbonyl (C=O) groups excluding carboxylic acids is 2. The Morgan fingerprint density at radius 2 is 1.82 bits per heavy atom. The fourth-order valence-corrected chi connectivity index (χ4v) is 1.23. The van der Waals surface area contributed by atoms with Crippen molar-refractivity contribution in [3.05, 3.63) is 0 Å². The van der Waals surface area contributed by atoms with Crippen molar-refractivity contribution in [3.63, 3.8) is 0 Å². The number of carbonyl (C=O) groups is 2. The lowest BCUT2D eigenvalue weighted by atomic mass is 10.0. The lowest BCUT2D eigenvalue weighted by Gasteiger charge is -2.23. The first-order chi connectivity index (χ1) is 7.65. The van der Waals surface area contributed by atoms with Crippen LogP contribution in [0.4, 0.5) is 4.79 Å². The Kier molecular flexibility index (Phi) is 5.95. The number of hydrogen-bond acceptors (Lipinski definition) is 4. The maximum Gasteiger partial charge on any atom is 0.408 e. The molecule has 3 N–H and O–H groups in total. The molecule has 0 aliphatic rings. The number of amides is 2. The molecule has 0 rings (SSSR count). The van der Waals surface area contributed by atoms with Gasteiger partial charge in [0, 0.05) is 0 Å². The fraction of sp³-hybridized carbons (Fsp3) is 0.818. The molecule has 0 saturated heterocycles. The van der Waals surface area contributed by atoms with E-state index < -0.39 is 23.6 Å². The minimum Gasteiger partial charge on any atom is -0.444 e. The van der Waals surface area contributed by atoms with Crippen LogP contribution >= 0.6 is 0 Å². The summed E-state index contributed by atoms with van der Waals surface area (Å²) in [6, 6.07) is -0.796. The molecule has 0 unspecified atom stereocenters. The highest BCUT2D eigenvalue weighted by Crippen LogP contribution is 2.09. The highest BCUT2D eigenvalue weighted by Gasteiger charge is 2.24. The summed E-state index contributed by atoms with van der Waals surface area (Å²) in [6.07, 6.45) is -0.252. The van der Waals surface area contributed by atoms with E-state index >= 15 is 0 Å². The highest BCUT2D eigenvalue weighted by molar-refractivity contribution is 5.84. The molecule has 0 aliphatic heterocycles. The molecule has 0 spiro atoms. The summed E-state index contributed by atoms with van der Waals surface area (Å²) < 4.78 is 5.03. The minimum absolute atomic E-state index is 0.201. The number of rotatable bonds is 4. The van der Waals surface area contributed by atoms with Crippen molar-refractivity contribution in [2.45, 2.75) is 52.7 Å². The Labute approximate surface area is 102 Å². The van der Waals surface area contributed by atoms with Gasteiger partial charge < -0.3 is 10.1 Å². The minimum atomic E-state index is -0.796. The topological polar surface area (TPSA) is 87.7 Å². The Morgan fingerprint density at radius 3 is 2.18 bits per heavy atom. The van der Waals surface area contributed by atoms with Crippen molar-refractivity contribution in [2.75, 3.05) is 0 Å². The highest BCUT2D eigenvalue weighted by atomic mass is 16.6. The van der Waals surface area contributed by atoms with E-state index in [-0.39, 0.29) is 5.92 Å². The van der Waals surface area contributed by atoms with E-state index in [1.54, 1.807) is 20.8 Å². The number of ether oxygens (including phenoxy) is 1. The maximum atomic E-state index is 11.5. The molecular formula is C11H22N2O4. The van der Waals surface area contributed by atoms with Gasteiger partial charge >= 0.3 is 6.09 Å². The molecule has 0 bridgehead atoms. The van der Waals surface area contributed by atoms with E-state index in [1.807, 2.05) is 13.8 Å². The lowest BCUT2D eigenvalue weighted by molar-refractivity contribution is -0.131. The molecule has 100 valence electrons. The number of alkyl carbamates (subject to hydrolysis) is 1. The van der Waals surface area contributed by atoms with Crippen molar-refractivity contribution in [2.24, 2.45) is 5.92 Å². The molecule has 0 saturated carbocycles. The molecular weight excluding hydrogens is 224 g/mol. The van der Waals surface area contributed by atoms with Gasteiger partial charge in [0.2, 0.25) is 0 Å². The monoisotopic (exact) mass is 246 g/mol. The summed E-state index contributed by atoms with van der Waals surface area (Å²) >= 11 is 0. The van der Waals surface area contributed by atoms with Gasteiger partial charge in [-0.05, 0) is 33.1 Å². The summed E-state index contributed by atoms with van der Waals surface area (Å²) in [4.78, 5) is 22.8. The van der Waals surface area contributed by atoms with Gasteiger partial charge in [0.1, 0.15) is 11.6 Å². The molecule has 0 aromatic heterocycles. The Balaban J connectivity index is 4.43. The van der Waals surface area contributed by atoms with E-state index in [0.717, 1.165) is 0 Å². The van der Waals surface area contributed by atoms with Crippen molar-refractivity contribution >= 4 is 12.0 Å². The zero-order chi connectivity index (χ0) is 13.6. The summed E-state index contributed by atoms with van der Waals surface area (Å²) in [5.74, 6) is -0.447. The normalized spacial score (nSPS) is 13.1. The molecule has 0 aromatic rings. The fourth-order valence-electron chi connectivity index (χ4n) is 1.23. The van der Waals surface area contributed by atoms with Crippen molar-refractivity contribution in [1.29, 1.82) is 0 Å². The molecule has 0 aliphatic carbocycles. The van der Waals surface area contributed by atoms with Crippen molar-refractivity contribution in [3.8, 4) is 0 Å². The van der Waals surface area contributed by atoms with Crippen LogP contribution in [0.2, 0.25) is 0 Å². The second-order valence-corrected chi connectivity index (χ2v) is 5.30. The second-order valence-electron chi connectivity index (χ2n) is 5.30. The van der Waals surface area contributed by atoms with Crippen LogP contribution in [0, 0.1) is 5.92 Å². The number of hydroxylamine groups is 1. The second kappa shape index (κ2) is 6.44. The zero-order valence-electron chi connectivity index (χ0n) is 11.0. The van der Waals surface area contributed by atoms with Crippen LogP contribution < -0.4 is 10.8 Å². The summed E-state index contributed by atoms with van der Waals surface area (Å²) in [6.45, 7) is 9.02.